The summed E-state index contributed by atoms with van der Waals surface area (Å²) in [5.41, 5.74) is 7.24. The number of nitrogens with two attached hydrogens (primary N) is 1. The van der Waals surface area contributed by atoms with Crippen molar-refractivity contribution in [3.8, 4) is 11.3 Å². The van der Waals surface area contributed by atoms with Crippen molar-refractivity contribution < 1.29 is 13.9 Å². The summed E-state index contributed by atoms with van der Waals surface area (Å²) in [6, 6.07) is 12.2. The molecule has 1 aromatic heterocycles. The van der Waals surface area contributed by atoms with Gasteiger partial charge in [-0.25, -0.2) is 13.8 Å². The van der Waals surface area contributed by atoms with Crippen molar-refractivity contribution in [2.45, 2.75) is 32.2 Å². The van der Waals surface area contributed by atoms with Gasteiger partial charge in [0.2, 0.25) is 0 Å². The molecular weight excluding hydrogens is 388 g/mol. The molecule has 6 nitrogen and oxygen atoms in total. The normalized spacial score (nSPS) is 16.9. The fraction of sp³-hybridized carbons (Fsp3) is 0.318. The van der Waals surface area contributed by atoms with Gasteiger partial charge in [-0.3, -0.25) is 4.90 Å². The maximum Gasteiger partial charge on any atom is 0.138 e. The van der Waals surface area contributed by atoms with Gasteiger partial charge in [0.15, 0.2) is 0 Å². The summed E-state index contributed by atoms with van der Waals surface area (Å²) in [6.45, 7) is 5.25. The van der Waals surface area contributed by atoms with Crippen molar-refractivity contribution in [3.63, 3.8) is 0 Å². The van der Waals surface area contributed by atoms with Crippen LogP contribution in [0, 0.1) is 11.6 Å². The number of aromatic nitrogens is 2. The first-order chi connectivity index (χ1) is 14.3. The third-order valence-corrected chi connectivity index (χ3v) is 5.59. The Morgan fingerprint density at radius 3 is 2.27 bits per heavy atom. The molecule has 1 atom stereocenters. The molecule has 8 heteroatoms. The Kier molecular flexibility index (Phi) is 5.31. The zero-order chi connectivity index (χ0) is 21.5. The van der Waals surface area contributed by atoms with Crippen LogP contribution in [-0.4, -0.2) is 38.9 Å². The van der Waals surface area contributed by atoms with Crippen molar-refractivity contribution in [1.29, 1.82) is 0 Å². The van der Waals surface area contributed by atoms with Crippen LogP contribution in [0.4, 0.5) is 20.3 Å². The second-order valence-corrected chi connectivity index (χ2v) is 7.89. The topological polar surface area (TPSA) is 79.3 Å². The number of fused-ring (bicyclic) bond motifs is 1. The third kappa shape index (κ3) is 3.58. The first-order valence-electron chi connectivity index (χ1n) is 9.85. The third-order valence-electron chi connectivity index (χ3n) is 5.59. The Balaban J connectivity index is 1.84. The van der Waals surface area contributed by atoms with Crippen molar-refractivity contribution in [2.75, 3.05) is 18.4 Å². The Hall–Kier alpha value is -2.81. The van der Waals surface area contributed by atoms with E-state index in [-0.39, 0.29) is 18.2 Å². The predicted octanol–water partition coefficient (Wildman–Crippen LogP) is 3.40. The Morgan fingerprint density at radius 1 is 1.07 bits per heavy atom. The number of imidazole rings is 1. The van der Waals surface area contributed by atoms with Crippen LogP contribution >= 0.6 is 0 Å². The van der Waals surface area contributed by atoms with Gasteiger partial charge in [-0.1, -0.05) is 0 Å². The molecule has 158 valence electrons. The van der Waals surface area contributed by atoms with Crippen LogP contribution in [0.15, 0.2) is 48.5 Å². The van der Waals surface area contributed by atoms with Gasteiger partial charge < -0.3 is 20.7 Å². The summed E-state index contributed by atoms with van der Waals surface area (Å²) in [5.74, 6) is 0.846. The number of anilines is 2. The smallest absolute Gasteiger partial charge is 0.138 e. The number of aliphatic hydroxyl groups excluding tert-OH is 1. The molecule has 0 amide bonds. The van der Waals surface area contributed by atoms with E-state index in [1.165, 1.54) is 24.3 Å². The molecule has 1 aliphatic heterocycles. The van der Waals surface area contributed by atoms with E-state index in [0.29, 0.717) is 24.5 Å². The second kappa shape index (κ2) is 7.79. The van der Waals surface area contributed by atoms with E-state index in [9.17, 15) is 13.9 Å². The van der Waals surface area contributed by atoms with Crippen LogP contribution in [0.3, 0.4) is 0 Å². The van der Waals surface area contributed by atoms with Crippen molar-refractivity contribution >= 4 is 11.5 Å². The van der Waals surface area contributed by atoms with Crippen LogP contribution in [0.5, 0.6) is 0 Å². The number of benzene rings is 2. The predicted molar refractivity (Wildman–Crippen MR) is 112 cm³/mol. The van der Waals surface area contributed by atoms with E-state index >= 15 is 0 Å². The lowest BCUT2D eigenvalue weighted by atomic mass is 9.98. The summed E-state index contributed by atoms with van der Waals surface area (Å²) < 4.78 is 28.9. The molecule has 2 aromatic carbocycles. The van der Waals surface area contributed by atoms with E-state index in [1.807, 2.05) is 18.7 Å². The lowest BCUT2D eigenvalue weighted by molar-refractivity contribution is -0.0703. The molecular formula is C22H25F2N5O. The van der Waals surface area contributed by atoms with Crippen molar-refractivity contribution in [3.05, 3.63) is 66.0 Å². The number of nitrogens with zero attached hydrogens (tertiary/aromatic N) is 3. The SMILES string of the molecule is CC1(C)c2nc(-c3ccc(F)cc3)c(Nc3ccc(F)cc3)n2CCN1C(O)CN. The number of nitrogens with one attached hydrogen (secondary N) is 1. The zero-order valence-electron chi connectivity index (χ0n) is 16.9. The van der Waals surface area contributed by atoms with Gasteiger partial charge in [0.1, 0.15) is 35.2 Å². The van der Waals surface area contributed by atoms with Crippen molar-refractivity contribution in [1.82, 2.24) is 14.5 Å². The molecule has 1 unspecified atom stereocenters. The quantitative estimate of drug-likeness (QED) is 0.598. The summed E-state index contributed by atoms with van der Waals surface area (Å²) in [4.78, 5) is 6.82. The van der Waals surface area contributed by atoms with Crippen LogP contribution in [0.1, 0.15) is 19.7 Å². The Labute approximate surface area is 174 Å². The van der Waals surface area contributed by atoms with E-state index in [2.05, 4.69) is 9.88 Å². The van der Waals surface area contributed by atoms with E-state index in [1.54, 1.807) is 24.3 Å². The molecule has 0 spiro atoms. The summed E-state index contributed by atoms with van der Waals surface area (Å²) >= 11 is 0. The lowest BCUT2D eigenvalue weighted by Gasteiger charge is -2.44. The fourth-order valence-corrected chi connectivity index (χ4v) is 4.01. The molecule has 2 heterocycles. The van der Waals surface area contributed by atoms with Gasteiger partial charge in [-0.05, 0) is 62.4 Å². The molecule has 0 radical (unpaired) electrons. The highest BCUT2D eigenvalue weighted by molar-refractivity contribution is 5.76. The minimum absolute atomic E-state index is 0.121. The van der Waals surface area contributed by atoms with Gasteiger partial charge in [0.25, 0.3) is 0 Å². The molecule has 1 aliphatic rings. The maximum absolute atomic E-state index is 13.5. The minimum atomic E-state index is -0.784. The Morgan fingerprint density at radius 2 is 1.67 bits per heavy atom. The molecule has 0 saturated heterocycles. The summed E-state index contributed by atoms with van der Waals surface area (Å²) in [5, 5.41) is 13.8. The van der Waals surface area contributed by atoms with Gasteiger partial charge in [0, 0.05) is 30.9 Å². The monoisotopic (exact) mass is 413 g/mol. The zero-order valence-corrected chi connectivity index (χ0v) is 16.9. The molecule has 30 heavy (non-hydrogen) atoms. The molecule has 0 bridgehead atoms. The average Bonchev–Trinajstić information content (AvgIpc) is 3.09. The highest BCUT2D eigenvalue weighted by Crippen LogP contribution is 2.40. The molecule has 4 N–H and O–H groups in total. The number of halogens is 2. The molecule has 3 aromatic rings. The minimum Gasteiger partial charge on any atom is -0.377 e. The number of hydrogen-bond donors (Lipinski definition) is 3. The molecule has 0 fully saturated rings. The number of aliphatic hydroxyl groups is 1. The second-order valence-electron chi connectivity index (χ2n) is 7.89. The first-order valence-corrected chi connectivity index (χ1v) is 9.85. The van der Waals surface area contributed by atoms with Crippen LogP contribution in [0.2, 0.25) is 0 Å². The largest absolute Gasteiger partial charge is 0.377 e. The highest BCUT2D eigenvalue weighted by Gasteiger charge is 2.41. The summed E-state index contributed by atoms with van der Waals surface area (Å²) in [7, 11) is 0. The molecule has 4 rings (SSSR count). The van der Waals surface area contributed by atoms with Gasteiger partial charge in [0.05, 0.1) is 5.54 Å². The highest BCUT2D eigenvalue weighted by atomic mass is 19.1. The average molecular weight is 413 g/mol. The Bertz CT molecular complexity index is 1030. The van der Waals surface area contributed by atoms with Crippen LogP contribution < -0.4 is 11.1 Å². The molecule has 0 aliphatic carbocycles. The van der Waals surface area contributed by atoms with E-state index in [4.69, 9.17) is 10.7 Å². The first kappa shape index (κ1) is 20.5. The number of hydrogen-bond acceptors (Lipinski definition) is 5. The van der Waals surface area contributed by atoms with E-state index < -0.39 is 11.8 Å². The fourth-order valence-electron chi connectivity index (χ4n) is 4.01. The molecule has 0 saturated carbocycles. The summed E-state index contributed by atoms with van der Waals surface area (Å²) in [6.07, 6.45) is -0.784. The van der Waals surface area contributed by atoms with Crippen LogP contribution in [0.25, 0.3) is 11.3 Å². The van der Waals surface area contributed by atoms with Gasteiger partial charge in [-0.2, -0.15) is 0 Å². The van der Waals surface area contributed by atoms with Gasteiger partial charge >= 0.3 is 0 Å². The number of rotatable bonds is 5. The van der Waals surface area contributed by atoms with E-state index in [0.717, 1.165) is 17.2 Å². The maximum atomic E-state index is 13.5. The lowest BCUT2D eigenvalue weighted by Crippen LogP contribution is -2.55. The van der Waals surface area contributed by atoms with Crippen molar-refractivity contribution in [2.24, 2.45) is 5.73 Å². The standard InChI is InChI=1S/C22H25F2N5O/c1-22(2)21-27-19(14-3-5-15(23)6-4-14)20(26-17-9-7-16(24)8-10-17)28(21)11-12-29(22)18(30)13-25/h3-10,18,26,30H,11-13,25H2,1-2H3. The van der Waals surface area contributed by atoms with Crippen LogP contribution in [-0.2, 0) is 12.1 Å². The van der Waals surface area contributed by atoms with Gasteiger partial charge in [-0.15, -0.1) is 0 Å².